The lowest BCUT2D eigenvalue weighted by Gasteiger charge is -2.13. The van der Waals surface area contributed by atoms with E-state index < -0.39 is 11.7 Å². The van der Waals surface area contributed by atoms with E-state index in [4.69, 9.17) is 16.4 Å². The lowest BCUT2D eigenvalue weighted by atomic mass is 10.1. The van der Waals surface area contributed by atoms with Crippen LogP contribution in [0.4, 0.5) is 23.4 Å². The molecular weight excluding hydrogens is 426 g/mol. The zero-order valence-corrected chi connectivity index (χ0v) is 16.0. The van der Waals surface area contributed by atoms with E-state index in [0.29, 0.717) is 29.7 Å². The fraction of sp³-hybridized carbons (Fsp3) is 0.211. The molecular formula is C19H14ClF4N5O. The first-order chi connectivity index (χ1) is 14.3. The summed E-state index contributed by atoms with van der Waals surface area (Å²) < 4.78 is 52.7. The summed E-state index contributed by atoms with van der Waals surface area (Å²) in [5, 5.41) is 11.2. The molecule has 0 fully saturated rings. The van der Waals surface area contributed by atoms with E-state index in [1.54, 1.807) is 29.1 Å². The van der Waals surface area contributed by atoms with Crippen molar-refractivity contribution in [1.82, 2.24) is 14.8 Å². The summed E-state index contributed by atoms with van der Waals surface area (Å²) in [7, 11) is 0. The Kier molecular flexibility index (Phi) is 5.33. The summed E-state index contributed by atoms with van der Waals surface area (Å²) in [6.45, 7) is 0.240. The molecule has 0 aliphatic carbocycles. The number of pyridine rings is 1. The van der Waals surface area contributed by atoms with Gasteiger partial charge in [-0.05, 0) is 36.4 Å². The normalized spacial score (nSPS) is 16.3. The first-order valence-electron chi connectivity index (χ1n) is 8.81. The molecule has 0 saturated carbocycles. The number of nitrogens with one attached hydrogen (secondary N) is 1. The highest BCUT2D eigenvalue weighted by molar-refractivity contribution is 6.32. The quantitative estimate of drug-likeness (QED) is 0.586. The molecule has 0 radical (unpaired) electrons. The molecule has 0 unspecified atom stereocenters. The molecule has 2 aromatic heterocycles. The number of hydrogen-bond acceptors (Lipinski definition) is 5. The van der Waals surface area contributed by atoms with Gasteiger partial charge in [-0.25, -0.2) is 14.1 Å². The maximum Gasteiger partial charge on any atom is 0.417 e. The van der Waals surface area contributed by atoms with Gasteiger partial charge in [0, 0.05) is 18.8 Å². The van der Waals surface area contributed by atoms with Gasteiger partial charge in [0.25, 0.3) is 0 Å². The van der Waals surface area contributed by atoms with Gasteiger partial charge in [0.1, 0.15) is 29.1 Å². The van der Waals surface area contributed by atoms with Crippen LogP contribution in [-0.2, 0) is 11.0 Å². The first-order valence-corrected chi connectivity index (χ1v) is 9.18. The van der Waals surface area contributed by atoms with E-state index in [9.17, 15) is 17.6 Å². The number of alkyl halides is 3. The van der Waals surface area contributed by atoms with Crippen molar-refractivity contribution in [2.24, 2.45) is 5.16 Å². The van der Waals surface area contributed by atoms with E-state index >= 15 is 0 Å². The molecule has 0 spiro atoms. The zero-order valence-electron chi connectivity index (χ0n) is 15.2. The predicted octanol–water partition coefficient (Wildman–Crippen LogP) is 4.68. The molecule has 11 heteroatoms. The molecule has 1 atom stereocenters. The molecule has 1 aliphatic rings. The van der Waals surface area contributed by atoms with Gasteiger partial charge in [0.2, 0.25) is 0 Å². The van der Waals surface area contributed by atoms with Crippen molar-refractivity contribution < 1.29 is 22.4 Å². The van der Waals surface area contributed by atoms with Crippen LogP contribution in [0.5, 0.6) is 0 Å². The standard InChI is InChI=1S/C19H14ClF4N5O/c20-15-7-11(19(22,23)24)9-25-18(15)26-10-14-8-17(28-30-14)16-5-6-29(27-16)13-3-1-12(21)2-4-13/h1-7,9,14H,8,10H2,(H,25,26)/t14-/m0/s1. The number of anilines is 1. The Balaban J connectivity index is 1.36. The van der Waals surface area contributed by atoms with Gasteiger partial charge in [-0.1, -0.05) is 16.8 Å². The molecule has 1 aliphatic heterocycles. The van der Waals surface area contributed by atoms with Crippen molar-refractivity contribution in [3.05, 3.63) is 70.9 Å². The van der Waals surface area contributed by atoms with Crippen molar-refractivity contribution in [1.29, 1.82) is 0 Å². The minimum absolute atomic E-state index is 0.127. The van der Waals surface area contributed by atoms with Gasteiger partial charge >= 0.3 is 6.18 Å². The lowest BCUT2D eigenvalue weighted by molar-refractivity contribution is -0.137. The molecule has 4 rings (SSSR count). The highest BCUT2D eigenvalue weighted by atomic mass is 35.5. The van der Waals surface area contributed by atoms with Gasteiger partial charge < -0.3 is 10.2 Å². The Morgan fingerprint density at radius 3 is 2.67 bits per heavy atom. The Bertz CT molecular complexity index is 1080. The number of nitrogens with zero attached hydrogens (tertiary/aromatic N) is 4. The van der Waals surface area contributed by atoms with Crippen molar-refractivity contribution >= 4 is 23.1 Å². The molecule has 156 valence electrons. The summed E-state index contributed by atoms with van der Waals surface area (Å²) >= 11 is 5.89. The molecule has 30 heavy (non-hydrogen) atoms. The van der Waals surface area contributed by atoms with Gasteiger partial charge in [0.15, 0.2) is 0 Å². The zero-order chi connectivity index (χ0) is 21.3. The van der Waals surface area contributed by atoms with E-state index in [2.05, 4.69) is 20.6 Å². The average Bonchev–Trinajstić information content (AvgIpc) is 3.36. The van der Waals surface area contributed by atoms with Gasteiger partial charge in [0.05, 0.1) is 22.8 Å². The molecule has 0 bridgehead atoms. The molecule has 3 aromatic rings. The van der Waals surface area contributed by atoms with Gasteiger partial charge in [-0.2, -0.15) is 18.3 Å². The van der Waals surface area contributed by atoms with Crippen LogP contribution in [-0.4, -0.2) is 33.1 Å². The molecule has 6 nitrogen and oxygen atoms in total. The molecule has 1 aromatic carbocycles. The van der Waals surface area contributed by atoms with Crippen LogP contribution in [0.1, 0.15) is 17.7 Å². The lowest BCUT2D eigenvalue weighted by Crippen LogP contribution is -2.21. The fourth-order valence-corrected chi connectivity index (χ4v) is 3.07. The third kappa shape index (κ3) is 4.38. The third-order valence-corrected chi connectivity index (χ3v) is 4.66. The average molecular weight is 440 g/mol. The van der Waals surface area contributed by atoms with Crippen LogP contribution in [0.15, 0.2) is 53.9 Å². The van der Waals surface area contributed by atoms with E-state index in [-0.39, 0.29) is 29.3 Å². The molecule has 3 heterocycles. The number of oxime groups is 1. The maximum absolute atomic E-state index is 13.1. The van der Waals surface area contributed by atoms with Crippen molar-refractivity contribution in [3.8, 4) is 5.69 Å². The Morgan fingerprint density at radius 2 is 1.97 bits per heavy atom. The number of benzene rings is 1. The van der Waals surface area contributed by atoms with Crippen LogP contribution in [0.3, 0.4) is 0 Å². The number of rotatable bonds is 5. The largest absolute Gasteiger partial charge is 0.417 e. The Hall–Kier alpha value is -3.14. The minimum Gasteiger partial charge on any atom is -0.390 e. The fourth-order valence-electron chi connectivity index (χ4n) is 2.84. The predicted molar refractivity (Wildman–Crippen MR) is 102 cm³/mol. The smallest absolute Gasteiger partial charge is 0.390 e. The van der Waals surface area contributed by atoms with Gasteiger partial charge in [-0.15, -0.1) is 0 Å². The van der Waals surface area contributed by atoms with Crippen LogP contribution in [0.25, 0.3) is 5.69 Å². The minimum atomic E-state index is -4.51. The number of hydrogen-bond donors (Lipinski definition) is 1. The van der Waals surface area contributed by atoms with Crippen LogP contribution < -0.4 is 5.32 Å². The first kappa shape index (κ1) is 20.1. The molecule has 0 saturated heterocycles. The van der Waals surface area contributed by atoms with E-state index in [1.165, 1.54) is 12.1 Å². The van der Waals surface area contributed by atoms with Crippen molar-refractivity contribution in [3.63, 3.8) is 0 Å². The van der Waals surface area contributed by atoms with Crippen LogP contribution in [0.2, 0.25) is 5.02 Å². The summed E-state index contributed by atoms with van der Waals surface area (Å²) in [4.78, 5) is 9.09. The summed E-state index contributed by atoms with van der Waals surface area (Å²) in [6, 6.07) is 8.47. The van der Waals surface area contributed by atoms with Gasteiger partial charge in [-0.3, -0.25) is 0 Å². The van der Waals surface area contributed by atoms with E-state index in [1.807, 2.05) is 0 Å². The highest BCUT2D eigenvalue weighted by Gasteiger charge is 2.32. The van der Waals surface area contributed by atoms with Crippen molar-refractivity contribution in [2.75, 3.05) is 11.9 Å². The molecule has 1 N–H and O–H groups in total. The Labute approximate surface area is 173 Å². The highest BCUT2D eigenvalue weighted by Crippen LogP contribution is 2.32. The topological polar surface area (TPSA) is 64.3 Å². The summed E-state index contributed by atoms with van der Waals surface area (Å²) in [5.41, 5.74) is 1.00. The SMILES string of the molecule is Fc1ccc(-n2ccc(C3=NO[C@H](CNc4ncc(C(F)(F)F)cc4Cl)C3)n2)cc1. The second kappa shape index (κ2) is 7.94. The Morgan fingerprint density at radius 1 is 1.20 bits per heavy atom. The monoisotopic (exact) mass is 439 g/mol. The van der Waals surface area contributed by atoms with Crippen LogP contribution in [0, 0.1) is 5.82 Å². The number of aromatic nitrogens is 3. The summed E-state index contributed by atoms with van der Waals surface area (Å²) in [5.74, 6) is -0.208. The second-order valence-electron chi connectivity index (χ2n) is 6.52. The third-order valence-electron chi connectivity index (χ3n) is 4.37. The maximum atomic E-state index is 13.1. The van der Waals surface area contributed by atoms with E-state index in [0.717, 1.165) is 6.07 Å². The second-order valence-corrected chi connectivity index (χ2v) is 6.93. The number of halogens is 5. The molecule has 0 amide bonds. The van der Waals surface area contributed by atoms with Crippen LogP contribution >= 0.6 is 11.6 Å². The summed E-state index contributed by atoms with van der Waals surface area (Å²) in [6.07, 6.45) is -2.00. The van der Waals surface area contributed by atoms with Crippen molar-refractivity contribution in [2.45, 2.75) is 18.7 Å².